The number of halogens is 2. The molecule has 7 heteroatoms. The molecule has 5 nitrogen and oxygen atoms in total. The van der Waals surface area contributed by atoms with Crippen molar-refractivity contribution in [1.29, 1.82) is 0 Å². The minimum absolute atomic E-state index is 0.263. The number of rotatable bonds is 7. The van der Waals surface area contributed by atoms with Gasteiger partial charge < -0.3 is 15.3 Å². The topological polar surface area (TPSA) is 94.8 Å². The standard InChI is InChI=1S/C25H30Cl2O5/c1-14(2)7-6-8-16(5)9-10-17(15(3)4)13-24(32)22(30)19-11-18(28)12-20(29)21(19)23(31)25(24,26)27/h7,9,11-12,28-29,32H,6,8,10,13H2,1-5H3/b16-9+/t24-/m0/s1. The second-order valence-electron chi connectivity index (χ2n) is 8.84. The van der Waals surface area contributed by atoms with E-state index in [1.165, 1.54) is 5.57 Å². The minimum atomic E-state index is -2.51. The van der Waals surface area contributed by atoms with Crippen LogP contribution in [-0.4, -0.2) is 36.8 Å². The molecule has 1 atom stereocenters. The Hall–Kier alpha value is -2.08. The normalized spacial score (nSPS) is 20.1. The molecule has 32 heavy (non-hydrogen) atoms. The Kier molecular flexibility index (Phi) is 8.03. The van der Waals surface area contributed by atoms with Crippen LogP contribution in [0.4, 0.5) is 0 Å². The lowest BCUT2D eigenvalue weighted by molar-refractivity contribution is 0.0195. The monoisotopic (exact) mass is 480 g/mol. The summed E-state index contributed by atoms with van der Waals surface area (Å²) in [4.78, 5) is 26.2. The van der Waals surface area contributed by atoms with Crippen LogP contribution in [0, 0.1) is 0 Å². The predicted octanol–water partition coefficient (Wildman–Crippen LogP) is 6.19. The van der Waals surface area contributed by atoms with Crippen LogP contribution in [-0.2, 0) is 0 Å². The number of Topliss-reactive ketones (excluding diaryl/α,β-unsaturated/α-hetero) is 2. The van der Waals surface area contributed by atoms with E-state index in [0.29, 0.717) is 12.0 Å². The van der Waals surface area contributed by atoms with E-state index in [1.54, 1.807) is 0 Å². The highest BCUT2D eigenvalue weighted by Gasteiger charge is 2.63. The number of fused-ring (bicyclic) bond motifs is 1. The summed E-state index contributed by atoms with van der Waals surface area (Å²) in [6.07, 6.45) is 6.17. The number of allylic oxidation sites excluding steroid dienone is 5. The zero-order valence-electron chi connectivity index (χ0n) is 19.1. The van der Waals surface area contributed by atoms with Gasteiger partial charge in [0, 0.05) is 18.1 Å². The van der Waals surface area contributed by atoms with Gasteiger partial charge in [0.05, 0.1) is 5.56 Å². The van der Waals surface area contributed by atoms with E-state index < -0.39 is 38.6 Å². The van der Waals surface area contributed by atoms with Crippen molar-refractivity contribution in [3.63, 3.8) is 0 Å². The Morgan fingerprint density at radius 1 is 1.00 bits per heavy atom. The molecule has 0 saturated carbocycles. The highest BCUT2D eigenvalue weighted by atomic mass is 35.5. The number of aromatic hydroxyl groups is 2. The average molecular weight is 481 g/mol. The lowest BCUT2D eigenvalue weighted by atomic mass is 9.73. The van der Waals surface area contributed by atoms with Gasteiger partial charge in [-0.3, -0.25) is 9.59 Å². The first-order valence-corrected chi connectivity index (χ1v) is 11.2. The van der Waals surface area contributed by atoms with Gasteiger partial charge in [-0.25, -0.2) is 0 Å². The lowest BCUT2D eigenvalue weighted by Gasteiger charge is -2.41. The molecule has 1 aromatic rings. The van der Waals surface area contributed by atoms with E-state index >= 15 is 0 Å². The lowest BCUT2D eigenvalue weighted by Crippen LogP contribution is -2.60. The van der Waals surface area contributed by atoms with Crippen molar-refractivity contribution in [1.82, 2.24) is 0 Å². The summed E-state index contributed by atoms with van der Waals surface area (Å²) in [5.41, 5.74) is 0.807. The maximum Gasteiger partial charge on any atom is 0.216 e. The summed E-state index contributed by atoms with van der Waals surface area (Å²) < 4.78 is -2.51. The van der Waals surface area contributed by atoms with E-state index in [0.717, 1.165) is 36.1 Å². The fraction of sp³-hybridized carbons (Fsp3) is 0.440. The molecule has 1 aromatic carbocycles. The van der Waals surface area contributed by atoms with E-state index in [4.69, 9.17) is 23.2 Å². The van der Waals surface area contributed by atoms with Gasteiger partial charge in [0.15, 0.2) is 11.4 Å². The van der Waals surface area contributed by atoms with Crippen molar-refractivity contribution in [2.24, 2.45) is 0 Å². The first kappa shape index (κ1) is 26.2. The number of carbonyl (C=O) groups is 2. The molecule has 0 amide bonds. The Bertz CT molecular complexity index is 1030. The molecule has 2 rings (SSSR count). The van der Waals surface area contributed by atoms with Crippen LogP contribution in [0.15, 0.2) is 46.6 Å². The van der Waals surface area contributed by atoms with E-state index in [9.17, 15) is 24.9 Å². The van der Waals surface area contributed by atoms with Gasteiger partial charge in [0.25, 0.3) is 0 Å². The van der Waals surface area contributed by atoms with Gasteiger partial charge in [-0.2, -0.15) is 0 Å². The largest absolute Gasteiger partial charge is 0.508 e. The van der Waals surface area contributed by atoms with Crippen LogP contribution in [0.5, 0.6) is 11.5 Å². The van der Waals surface area contributed by atoms with Crippen LogP contribution in [0.3, 0.4) is 0 Å². The number of hydrogen-bond donors (Lipinski definition) is 3. The number of benzene rings is 1. The third-order valence-corrected chi connectivity index (χ3v) is 6.69. The van der Waals surface area contributed by atoms with Gasteiger partial charge in [0.1, 0.15) is 11.5 Å². The first-order chi connectivity index (χ1) is 14.7. The molecule has 1 aliphatic carbocycles. The molecule has 1 aliphatic rings. The molecule has 0 aromatic heterocycles. The number of ketones is 2. The van der Waals surface area contributed by atoms with Crippen LogP contribution in [0.25, 0.3) is 0 Å². The molecular formula is C25H30Cl2O5. The molecule has 0 heterocycles. The molecule has 0 saturated heterocycles. The Morgan fingerprint density at radius 3 is 2.19 bits per heavy atom. The summed E-state index contributed by atoms with van der Waals surface area (Å²) in [5, 5.41) is 31.3. The summed E-state index contributed by atoms with van der Waals surface area (Å²) in [6.45, 7) is 9.80. The summed E-state index contributed by atoms with van der Waals surface area (Å²) in [6, 6.07) is 1.95. The quantitative estimate of drug-likeness (QED) is 0.319. The molecule has 174 valence electrons. The number of hydrogen-bond acceptors (Lipinski definition) is 5. The molecule has 0 aliphatic heterocycles. The SMILES string of the molecule is CC(C)=CCC/C(C)=C/CC(C[C@]1(O)C(=O)c2cc(O)cc(O)c2C(=O)C1(Cl)Cl)=C(C)C. The maximum atomic E-state index is 13.3. The minimum Gasteiger partial charge on any atom is -0.508 e. The first-order valence-electron chi connectivity index (χ1n) is 10.4. The van der Waals surface area contributed by atoms with Crippen molar-refractivity contribution < 1.29 is 24.9 Å². The third kappa shape index (κ3) is 5.11. The van der Waals surface area contributed by atoms with Crippen molar-refractivity contribution in [2.75, 3.05) is 0 Å². The van der Waals surface area contributed by atoms with Crippen LogP contribution in [0.1, 0.15) is 81.0 Å². The smallest absolute Gasteiger partial charge is 0.216 e. The molecule has 0 bridgehead atoms. The molecule has 0 fully saturated rings. The van der Waals surface area contributed by atoms with Crippen molar-refractivity contribution in [3.8, 4) is 11.5 Å². The number of carbonyl (C=O) groups excluding carboxylic acids is 2. The van der Waals surface area contributed by atoms with Gasteiger partial charge in [0.2, 0.25) is 10.1 Å². The highest BCUT2D eigenvalue weighted by Crippen LogP contribution is 2.50. The zero-order valence-corrected chi connectivity index (χ0v) is 20.6. The molecule has 0 spiro atoms. The highest BCUT2D eigenvalue weighted by molar-refractivity contribution is 6.63. The summed E-state index contributed by atoms with van der Waals surface area (Å²) in [5.74, 6) is -2.95. The summed E-state index contributed by atoms with van der Waals surface area (Å²) >= 11 is 12.6. The van der Waals surface area contributed by atoms with Gasteiger partial charge in [-0.1, -0.05) is 57.6 Å². The number of phenols is 2. The zero-order chi connectivity index (χ0) is 24.4. The number of alkyl halides is 2. The Labute approximate surface area is 199 Å². The van der Waals surface area contributed by atoms with Gasteiger partial charge >= 0.3 is 0 Å². The predicted molar refractivity (Wildman–Crippen MR) is 128 cm³/mol. The third-order valence-electron chi connectivity index (χ3n) is 5.72. The average Bonchev–Trinajstić information content (AvgIpc) is 2.67. The van der Waals surface area contributed by atoms with Gasteiger partial charge in [-0.05, 0) is 59.9 Å². The van der Waals surface area contributed by atoms with Crippen molar-refractivity contribution >= 4 is 34.8 Å². The second-order valence-corrected chi connectivity index (χ2v) is 10.2. The van der Waals surface area contributed by atoms with Crippen LogP contribution < -0.4 is 0 Å². The second kappa shape index (κ2) is 9.82. The molecule has 3 N–H and O–H groups in total. The van der Waals surface area contributed by atoms with Crippen molar-refractivity contribution in [3.05, 3.63) is 57.7 Å². The Balaban J connectivity index is 2.41. The summed E-state index contributed by atoms with van der Waals surface area (Å²) in [7, 11) is 0. The van der Waals surface area contributed by atoms with Gasteiger partial charge in [-0.15, -0.1) is 0 Å². The number of phenolic OH excluding ortho intramolecular Hbond substituents is 2. The molecular weight excluding hydrogens is 451 g/mol. The molecule has 0 unspecified atom stereocenters. The fourth-order valence-electron chi connectivity index (χ4n) is 3.68. The Morgan fingerprint density at radius 2 is 1.62 bits per heavy atom. The van der Waals surface area contributed by atoms with E-state index in [-0.39, 0.29) is 12.0 Å². The van der Waals surface area contributed by atoms with Crippen LogP contribution >= 0.6 is 23.2 Å². The van der Waals surface area contributed by atoms with Crippen molar-refractivity contribution in [2.45, 2.75) is 70.2 Å². The fourth-order valence-corrected chi connectivity index (χ4v) is 4.18. The van der Waals surface area contributed by atoms with Crippen LogP contribution in [0.2, 0.25) is 0 Å². The van der Waals surface area contributed by atoms with E-state index in [2.05, 4.69) is 6.08 Å². The van der Waals surface area contributed by atoms with E-state index in [1.807, 2.05) is 40.7 Å². The number of aliphatic hydroxyl groups is 1. The maximum absolute atomic E-state index is 13.3. The molecule has 0 radical (unpaired) electrons.